The summed E-state index contributed by atoms with van der Waals surface area (Å²) in [5.41, 5.74) is 1.66. The van der Waals surface area contributed by atoms with Crippen LogP contribution in [0.2, 0.25) is 5.02 Å². The second-order valence-electron chi connectivity index (χ2n) is 5.80. The zero-order valence-electron chi connectivity index (χ0n) is 14.5. The van der Waals surface area contributed by atoms with Crippen molar-refractivity contribution in [3.05, 3.63) is 70.6 Å². The number of carbonyl (C=O) groups excluding carboxylic acids is 1. The minimum atomic E-state index is -3.79. The number of aromatic nitrogens is 1. The van der Waals surface area contributed by atoms with Crippen LogP contribution in [0.25, 0.3) is 0 Å². The van der Waals surface area contributed by atoms with E-state index in [4.69, 9.17) is 16.1 Å². The first kappa shape index (κ1) is 18.9. The molecule has 0 radical (unpaired) electrons. The van der Waals surface area contributed by atoms with Crippen LogP contribution in [0.5, 0.6) is 0 Å². The van der Waals surface area contributed by atoms with Crippen LogP contribution in [0, 0.1) is 13.8 Å². The van der Waals surface area contributed by atoms with E-state index < -0.39 is 10.0 Å². The van der Waals surface area contributed by atoms with Crippen LogP contribution in [-0.4, -0.2) is 19.5 Å². The van der Waals surface area contributed by atoms with Gasteiger partial charge in [0.05, 0.1) is 11.1 Å². The highest BCUT2D eigenvalue weighted by Crippen LogP contribution is 2.25. The lowest BCUT2D eigenvalue weighted by molar-refractivity contribution is 0.102. The highest BCUT2D eigenvalue weighted by Gasteiger charge is 2.18. The first-order chi connectivity index (χ1) is 12.8. The first-order valence-electron chi connectivity index (χ1n) is 7.88. The zero-order valence-corrected chi connectivity index (χ0v) is 16.1. The maximum atomic E-state index is 12.6. The van der Waals surface area contributed by atoms with E-state index in [9.17, 15) is 13.2 Å². The standard InChI is InChI=1S/C18H16ClN3O4S/c1-11-16(19)4-3-5-17(11)27(24,25)22-14-8-6-13(7-9-14)21-18(23)15-10-20-26-12(15)2/h3-10,22H,1-2H3,(H,21,23). The Balaban J connectivity index is 1.75. The van der Waals surface area contributed by atoms with Crippen molar-refractivity contribution in [2.45, 2.75) is 18.7 Å². The fourth-order valence-corrected chi connectivity index (χ4v) is 3.98. The second kappa shape index (κ2) is 7.42. The number of carbonyl (C=O) groups is 1. The lowest BCUT2D eigenvalue weighted by atomic mass is 10.2. The van der Waals surface area contributed by atoms with Crippen molar-refractivity contribution in [3.8, 4) is 0 Å². The third-order valence-electron chi connectivity index (χ3n) is 3.90. The molecule has 0 unspecified atom stereocenters. The molecule has 0 saturated carbocycles. The number of anilines is 2. The van der Waals surface area contributed by atoms with Gasteiger partial charge in [-0.2, -0.15) is 0 Å². The van der Waals surface area contributed by atoms with Gasteiger partial charge in [0.25, 0.3) is 15.9 Å². The molecule has 1 heterocycles. The molecule has 27 heavy (non-hydrogen) atoms. The Labute approximate surface area is 161 Å². The summed E-state index contributed by atoms with van der Waals surface area (Å²) >= 11 is 6.00. The summed E-state index contributed by atoms with van der Waals surface area (Å²) in [6.45, 7) is 3.28. The molecule has 0 fully saturated rings. The Kier molecular flexibility index (Phi) is 5.20. The normalized spacial score (nSPS) is 11.2. The smallest absolute Gasteiger partial charge is 0.262 e. The van der Waals surface area contributed by atoms with Crippen molar-refractivity contribution in [1.82, 2.24) is 5.16 Å². The molecule has 0 aliphatic heterocycles. The molecule has 1 aromatic heterocycles. The van der Waals surface area contributed by atoms with E-state index in [-0.39, 0.29) is 10.8 Å². The molecule has 7 nitrogen and oxygen atoms in total. The maximum Gasteiger partial charge on any atom is 0.262 e. The largest absolute Gasteiger partial charge is 0.361 e. The number of sulfonamides is 1. The van der Waals surface area contributed by atoms with Gasteiger partial charge in [0.2, 0.25) is 0 Å². The van der Waals surface area contributed by atoms with Gasteiger partial charge < -0.3 is 9.84 Å². The fraction of sp³-hybridized carbons (Fsp3) is 0.111. The van der Waals surface area contributed by atoms with Gasteiger partial charge >= 0.3 is 0 Å². The topological polar surface area (TPSA) is 101 Å². The van der Waals surface area contributed by atoms with Crippen LogP contribution in [0.1, 0.15) is 21.7 Å². The molecule has 1 amide bonds. The Morgan fingerprint density at radius 1 is 1.07 bits per heavy atom. The van der Waals surface area contributed by atoms with E-state index >= 15 is 0 Å². The Morgan fingerprint density at radius 2 is 1.74 bits per heavy atom. The number of nitrogens with zero attached hydrogens (tertiary/aromatic N) is 1. The summed E-state index contributed by atoms with van der Waals surface area (Å²) in [5, 5.41) is 6.62. The second-order valence-corrected chi connectivity index (χ2v) is 7.85. The van der Waals surface area contributed by atoms with Gasteiger partial charge in [-0.1, -0.05) is 22.8 Å². The molecule has 140 valence electrons. The van der Waals surface area contributed by atoms with Gasteiger partial charge in [-0.25, -0.2) is 8.42 Å². The quantitative estimate of drug-likeness (QED) is 0.668. The molecular formula is C18H16ClN3O4S. The van der Waals surface area contributed by atoms with Gasteiger partial charge in [0.1, 0.15) is 11.3 Å². The third kappa shape index (κ3) is 4.12. The monoisotopic (exact) mass is 405 g/mol. The SMILES string of the molecule is Cc1oncc1C(=O)Nc1ccc(NS(=O)(=O)c2cccc(Cl)c2C)cc1. The van der Waals surface area contributed by atoms with Crippen LogP contribution in [-0.2, 0) is 10.0 Å². The molecule has 0 aliphatic rings. The number of hydrogen-bond donors (Lipinski definition) is 2. The summed E-state index contributed by atoms with van der Waals surface area (Å²) in [6.07, 6.45) is 1.33. The van der Waals surface area contributed by atoms with Gasteiger partial charge in [0.15, 0.2) is 0 Å². The summed E-state index contributed by atoms with van der Waals surface area (Å²) in [6, 6.07) is 11.0. The van der Waals surface area contributed by atoms with Crippen LogP contribution in [0.15, 0.2) is 58.1 Å². The van der Waals surface area contributed by atoms with Crippen molar-refractivity contribution in [2.24, 2.45) is 0 Å². The Bertz CT molecular complexity index is 1090. The van der Waals surface area contributed by atoms with Crippen molar-refractivity contribution in [3.63, 3.8) is 0 Å². The van der Waals surface area contributed by atoms with Gasteiger partial charge in [-0.3, -0.25) is 9.52 Å². The zero-order chi connectivity index (χ0) is 19.6. The van der Waals surface area contributed by atoms with Crippen LogP contribution in [0.3, 0.4) is 0 Å². The van der Waals surface area contributed by atoms with Crippen molar-refractivity contribution >= 4 is 38.9 Å². The minimum Gasteiger partial charge on any atom is -0.361 e. The summed E-state index contributed by atoms with van der Waals surface area (Å²) in [4.78, 5) is 12.2. The molecule has 2 N–H and O–H groups in total. The van der Waals surface area contributed by atoms with Crippen molar-refractivity contribution in [2.75, 3.05) is 10.0 Å². The minimum absolute atomic E-state index is 0.107. The van der Waals surface area contributed by atoms with Gasteiger partial charge in [-0.05, 0) is 55.8 Å². The molecule has 0 saturated heterocycles. The van der Waals surface area contributed by atoms with Gasteiger partial charge in [-0.15, -0.1) is 0 Å². The number of amides is 1. The third-order valence-corrected chi connectivity index (χ3v) is 5.83. The molecule has 2 aromatic carbocycles. The van der Waals surface area contributed by atoms with Crippen LogP contribution < -0.4 is 10.0 Å². The predicted octanol–water partition coefficient (Wildman–Crippen LogP) is 4.00. The highest BCUT2D eigenvalue weighted by atomic mass is 35.5. The Morgan fingerprint density at radius 3 is 2.37 bits per heavy atom. The highest BCUT2D eigenvalue weighted by molar-refractivity contribution is 7.92. The predicted molar refractivity (Wildman–Crippen MR) is 103 cm³/mol. The summed E-state index contributed by atoms with van der Waals surface area (Å²) in [5.74, 6) is 0.0467. The number of halogens is 1. The molecule has 0 spiro atoms. The van der Waals surface area contributed by atoms with E-state index in [0.29, 0.717) is 33.3 Å². The summed E-state index contributed by atoms with van der Waals surface area (Å²) in [7, 11) is -3.79. The lowest BCUT2D eigenvalue weighted by Crippen LogP contribution is -2.15. The number of benzene rings is 2. The molecular weight excluding hydrogens is 390 g/mol. The summed E-state index contributed by atoms with van der Waals surface area (Å²) < 4.78 is 32.5. The lowest BCUT2D eigenvalue weighted by Gasteiger charge is -2.12. The van der Waals surface area contributed by atoms with E-state index in [1.54, 1.807) is 50.2 Å². The molecule has 9 heteroatoms. The average molecular weight is 406 g/mol. The molecule has 3 aromatic rings. The van der Waals surface area contributed by atoms with E-state index in [1.807, 2.05) is 0 Å². The fourth-order valence-electron chi connectivity index (χ4n) is 2.43. The van der Waals surface area contributed by atoms with Crippen molar-refractivity contribution in [1.29, 1.82) is 0 Å². The first-order valence-corrected chi connectivity index (χ1v) is 9.74. The van der Waals surface area contributed by atoms with Crippen LogP contribution >= 0.6 is 11.6 Å². The van der Waals surface area contributed by atoms with E-state index in [1.165, 1.54) is 12.3 Å². The number of rotatable bonds is 5. The van der Waals surface area contributed by atoms with Crippen LogP contribution in [0.4, 0.5) is 11.4 Å². The number of hydrogen-bond acceptors (Lipinski definition) is 5. The number of nitrogens with one attached hydrogen (secondary N) is 2. The molecule has 0 atom stereocenters. The van der Waals surface area contributed by atoms with E-state index in [2.05, 4.69) is 15.2 Å². The van der Waals surface area contributed by atoms with Crippen molar-refractivity contribution < 1.29 is 17.7 Å². The van der Waals surface area contributed by atoms with E-state index in [0.717, 1.165) is 0 Å². The molecule has 0 aliphatic carbocycles. The average Bonchev–Trinajstić information content (AvgIpc) is 3.05. The number of aryl methyl sites for hydroxylation is 1. The Hall–Kier alpha value is -2.84. The molecule has 0 bridgehead atoms. The molecule has 3 rings (SSSR count). The maximum absolute atomic E-state index is 12.6. The van der Waals surface area contributed by atoms with Gasteiger partial charge in [0, 0.05) is 16.4 Å².